The van der Waals surface area contributed by atoms with E-state index in [1.807, 2.05) is 57.2 Å². The molecule has 1 N–H and O–H groups in total. The lowest BCUT2D eigenvalue weighted by molar-refractivity contribution is -0.385. The van der Waals surface area contributed by atoms with E-state index in [1.165, 1.54) is 0 Å². The molecule has 29 heavy (non-hydrogen) atoms. The Balaban J connectivity index is 1.70. The summed E-state index contributed by atoms with van der Waals surface area (Å²) in [6.45, 7) is 6.23. The lowest BCUT2D eigenvalue weighted by Gasteiger charge is -2.11. The minimum atomic E-state index is -0.333. The third-order valence-corrected chi connectivity index (χ3v) is 4.67. The first-order valence-electron chi connectivity index (χ1n) is 9.37. The predicted octanol–water partition coefficient (Wildman–Crippen LogP) is 4.63. The first-order chi connectivity index (χ1) is 13.9. The molecule has 1 aromatic heterocycles. The summed E-state index contributed by atoms with van der Waals surface area (Å²) in [4.78, 5) is 15.5. The maximum Gasteiger partial charge on any atom is 0.273 e. The average Bonchev–Trinajstić information content (AvgIpc) is 3.22. The number of nitro benzene ring substituents is 1. The van der Waals surface area contributed by atoms with Crippen LogP contribution in [0.3, 0.4) is 0 Å². The Morgan fingerprint density at radius 3 is 2.69 bits per heavy atom. The van der Waals surface area contributed by atoms with Crippen LogP contribution in [-0.2, 0) is 6.54 Å². The molecule has 1 unspecified atom stereocenters. The van der Waals surface area contributed by atoms with Gasteiger partial charge in [-0.2, -0.15) is 4.98 Å². The molecule has 0 saturated carbocycles. The van der Waals surface area contributed by atoms with Crippen molar-refractivity contribution < 1.29 is 14.2 Å². The fourth-order valence-electron chi connectivity index (χ4n) is 2.99. The quantitative estimate of drug-likeness (QED) is 0.437. The van der Waals surface area contributed by atoms with Crippen LogP contribution < -0.4 is 10.1 Å². The summed E-state index contributed by atoms with van der Waals surface area (Å²) in [5, 5.41) is 18.7. The summed E-state index contributed by atoms with van der Waals surface area (Å²) in [5.74, 6) is 1.72. The third kappa shape index (κ3) is 4.78. The second-order valence-corrected chi connectivity index (χ2v) is 7.10. The molecule has 0 bridgehead atoms. The summed E-state index contributed by atoms with van der Waals surface area (Å²) in [7, 11) is 1.60. The van der Waals surface area contributed by atoms with Gasteiger partial charge in [-0.05, 0) is 30.5 Å². The van der Waals surface area contributed by atoms with Crippen LogP contribution in [0.25, 0.3) is 11.4 Å². The van der Waals surface area contributed by atoms with Crippen molar-refractivity contribution in [3.8, 4) is 17.1 Å². The number of ether oxygens (including phenoxy) is 1. The smallest absolute Gasteiger partial charge is 0.273 e. The van der Waals surface area contributed by atoms with Gasteiger partial charge in [0, 0.05) is 23.7 Å². The van der Waals surface area contributed by atoms with Gasteiger partial charge in [-0.3, -0.25) is 10.1 Å². The van der Waals surface area contributed by atoms with Gasteiger partial charge in [-0.1, -0.05) is 43.3 Å². The molecule has 0 aliphatic carbocycles. The molecular weight excluding hydrogens is 372 g/mol. The maximum absolute atomic E-state index is 11.4. The number of nitrogens with one attached hydrogen (secondary N) is 1. The van der Waals surface area contributed by atoms with Crippen molar-refractivity contribution in [1.29, 1.82) is 0 Å². The highest BCUT2D eigenvalue weighted by Gasteiger charge is 2.19. The number of methoxy groups -OCH3 is 1. The molecule has 8 nitrogen and oxygen atoms in total. The van der Waals surface area contributed by atoms with Gasteiger partial charge >= 0.3 is 0 Å². The van der Waals surface area contributed by atoms with Crippen molar-refractivity contribution in [3.05, 3.63) is 69.6 Å². The first-order valence-corrected chi connectivity index (χ1v) is 9.37. The van der Waals surface area contributed by atoms with E-state index in [2.05, 4.69) is 15.5 Å². The number of hydrogen-bond acceptors (Lipinski definition) is 7. The molecule has 2 aromatic carbocycles. The van der Waals surface area contributed by atoms with Crippen molar-refractivity contribution >= 4 is 5.69 Å². The highest BCUT2D eigenvalue weighted by atomic mass is 16.6. The largest absolute Gasteiger partial charge is 0.497 e. The van der Waals surface area contributed by atoms with E-state index in [0.717, 1.165) is 16.7 Å². The number of rotatable bonds is 8. The van der Waals surface area contributed by atoms with Crippen LogP contribution in [-0.4, -0.2) is 22.2 Å². The van der Waals surface area contributed by atoms with Gasteiger partial charge in [0.2, 0.25) is 11.7 Å². The highest BCUT2D eigenvalue weighted by Crippen LogP contribution is 2.28. The average molecular weight is 396 g/mol. The summed E-state index contributed by atoms with van der Waals surface area (Å²) in [6, 6.07) is 12.5. The fraction of sp³-hybridized carbons (Fsp3) is 0.333. The van der Waals surface area contributed by atoms with Gasteiger partial charge in [-0.15, -0.1) is 0 Å². The van der Waals surface area contributed by atoms with Crippen molar-refractivity contribution in [2.45, 2.75) is 39.3 Å². The first kappa shape index (κ1) is 20.5. The van der Waals surface area contributed by atoms with Crippen LogP contribution >= 0.6 is 0 Å². The SMILES string of the molecule is COc1cccc(-c2noc(C(C)NCc3ccc(C(C)C)c([N+](=O)[O-])c3)n2)c1. The zero-order chi connectivity index (χ0) is 21.0. The molecule has 0 saturated heterocycles. The number of hydrogen-bond donors (Lipinski definition) is 1. The summed E-state index contributed by atoms with van der Waals surface area (Å²) >= 11 is 0. The monoisotopic (exact) mass is 396 g/mol. The van der Waals surface area contributed by atoms with E-state index < -0.39 is 0 Å². The summed E-state index contributed by atoms with van der Waals surface area (Å²) < 4.78 is 10.6. The molecule has 0 aliphatic heterocycles. The second-order valence-electron chi connectivity index (χ2n) is 7.10. The van der Waals surface area contributed by atoms with E-state index in [4.69, 9.17) is 9.26 Å². The summed E-state index contributed by atoms with van der Waals surface area (Å²) in [6.07, 6.45) is 0. The zero-order valence-electron chi connectivity index (χ0n) is 16.9. The maximum atomic E-state index is 11.4. The lowest BCUT2D eigenvalue weighted by atomic mass is 9.99. The number of nitro groups is 1. The molecule has 0 fully saturated rings. The normalized spacial score (nSPS) is 12.2. The second kappa shape index (κ2) is 8.83. The predicted molar refractivity (Wildman–Crippen MR) is 109 cm³/mol. The van der Waals surface area contributed by atoms with Gasteiger partial charge in [0.25, 0.3) is 5.69 Å². The van der Waals surface area contributed by atoms with Gasteiger partial charge in [-0.25, -0.2) is 0 Å². The number of benzene rings is 2. The van der Waals surface area contributed by atoms with Crippen molar-refractivity contribution in [2.75, 3.05) is 7.11 Å². The highest BCUT2D eigenvalue weighted by molar-refractivity contribution is 5.56. The molecule has 3 rings (SSSR count). The van der Waals surface area contributed by atoms with Crippen molar-refractivity contribution in [2.24, 2.45) is 0 Å². The Labute approximate surface area is 169 Å². The van der Waals surface area contributed by atoms with E-state index >= 15 is 0 Å². The molecule has 3 aromatic rings. The van der Waals surface area contributed by atoms with E-state index in [1.54, 1.807) is 13.2 Å². The number of aromatic nitrogens is 2. The molecule has 8 heteroatoms. The van der Waals surface area contributed by atoms with Crippen LogP contribution in [0.2, 0.25) is 0 Å². The van der Waals surface area contributed by atoms with E-state index in [0.29, 0.717) is 24.0 Å². The molecule has 0 aliphatic rings. The zero-order valence-corrected chi connectivity index (χ0v) is 16.9. The van der Waals surface area contributed by atoms with Crippen LogP contribution in [0.15, 0.2) is 47.0 Å². The standard InChI is InChI=1S/C21H24N4O4/c1-13(2)18-9-8-15(10-19(18)25(26)27)12-22-14(3)21-23-20(24-29-21)16-6-5-7-17(11-16)28-4/h5-11,13-14,22H,12H2,1-4H3. The van der Waals surface area contributed by atoms with Crippen LogP contribution in [0.5, 0.6) is 5.75 Å². The molecule has 1 atom stereocenters. The molecule has 0 spiro atoms. The number of nitrogens with zero attached hydrogens (tertiary/aromatic N) is 3. The van der Waals surface area contributed by atoms with Gasteiger partial charge < -0.3 is 14.6 Å². The Bertz CT molecular complexity index is 1000. The van der Waals surface area contributed by atoms with E-state index in [-0.39, 0.29) is 22.6 Å². The molecular formula is C21H24N4O4. The van der Waals surface area contributed by atoms with Gasteiger partial charge in [0.05, 0.1) is 18.1 Å². The Hall–Kier alpha value is -3.26. The van der Waals surface area contributed by atoms with Crippen molar-refractivity contribution in [1.82, 2.24) is 15.5 Å². The minimum Gasteiger partial charge on any atom is -0.497 e. The third-order valence-electron chi connectivity index (χ3n) is 4.67. The molecule has 152 valence electrons. The van der Waals surface area contributed by atoms with Gasteiger partial charge in [0.15, 0.2) is 0 Å². The van der Waals surface area contributed by atoms with Crippen LogP contribution in [0, 0.1) is 10.1 Å². The van der Waals surface area contributed by atoms with Gasteiger partial charge in [0.1, 0.15) is 5.75 Å². The molecule has 0 amide bonds. The van der Waals surface area contributed by atoms with Crippen LogP contribution in [0.4, 0.5) is 5.69 Å². The summed E-state index contributed by atoms with van der Waals surface area (Å²) in [5.41, 5.74) is 2.49. The van der Waals surface area contributed by atoms with Crippen LogP contribution in [0.1, 0.15) is 49.7 Å². The van der Waals surface area contributed by atoms with E-state index in [9.17, 15) is 10.1 Å². The topological polar surface area (TPSA) is 103 Å². The fourth-order valence-corrected chi connectivity index (χ4v) is 2.99. The Kier molecular flexibility index (Phi) is 6.23. The molecule has 0 radical (unpaired) electrons. The lowest BCUT2D eigenvalue weighted by Crippen LogP contribution is -2.18. The molecule has 1 heterocycles. The minimum absolute atomic E-state index is 0.0877. The van der Waals surface area contributed by atoms with Crippen molar-refractivity contribution in [3.63, 3.8) is 0 Å². The Morgan fingerprint density at radius 1 is 1.21 bits per heavy atom. The Morgan fingerprint density at radius 2 is 2.00 bits per heavy atom.